The lowest BCUT2D eigenvalue weighted by Gasteiger charge is -2.14. The van der Waals surface area contributed by atoms with Crippen molar-refractivity contribution < 1.29 is 18.0 Å². The number of imide groups is 1. The molecule has 9 heteroatoms. The molecule has 0 unspecified atom stereocenters. The van der Waals surface area contributed by atoms with Gasteiger partial charge in [-0.15, -0.1) is 0 Å². The van der Waals surface area contributed by atoms with Gasteiger partial charge in [-0.2, -0.15) is 0 Å². The minimum atomic E-state index is -4.01. The molecule has 0 fully saturated rings. The van der Waals surface area contributed by atoms with Gasteiger partial charge < -0.3 is 0 Å². The van der Waals surface area contributed by atoms with Crippen LogP contribution in [0.2, 0.25) is 5.02 Å². The van der Waals surface area contributed by atoms with Crippen molar-refractivity contribution in [2.24, 2.45) is 0 Å². The van der Waals surface area contributed by atoms with Crippen molar-refractivity contribution in [2.45, 2.75) is 31.6 Å². The topological polar surface area (TPSA) is 96.4 Å². The zero-order valence-electron chi connectivity index (χ0n) is 17.6. The van der Waals surface area contributed by atoms with Gasteiger partial charge in [-0.3, -0.25) is 19.3 Å². The van der Waals surface area contributed by atoms with Crippen LogP contribution in [0.3, 0.4) is 0 Å². The molecule has 0 atom stereocenters. The molecule has 1 aliphatic heterocycles. The predicted octanol–water partition coefficient (Wildman–Crippen LogP) is 4.77. The van der Waals surface area contributed by atoms with Gasteiger partial charge in [-0.05, 0) is 54.3 Å². The van der Waals surface area contributed by atoms with E-state index in [4.69, 9.17) is 11.6 Å². The van der Waals surface area contributed by atoms with E-state index in [1.807, 2.05) is 13.8 Å². The zero-order valence-corrected chi connectivity index (χ0v) is 19.2. The van der Waals surface area contributed by atoms with E-state index in [1.54, 1.807) is 31.3 Å². The largest absolute Gasteiger partial charge is 0.279 e. The van der Waals surface area contributed by atoms with Crippen LogP contribution in [0.25, 0.3) is 0 Å². The van der Waals surface area contributed by atoms with E-state index in [9.17, 15) is 18.0 Å². The number of rotatable bonds is 5. The minimum absolute atomic E-state index is 0.0150. The lowest BCUT2D eigenvalue weighted by Crippen LogP contribution is -2.29. The molecule has 1 aliphatic rings. The lowest BCUT2D eigenvalue weighted by atomic mass is 10.0. The van der Waals surface area contributed by atoms with E-state index in [1.165, 1.54) is 30.5 Å². The van der Waals surface area contributed by atoms with Crippen LogP contribution in [-0.2, 0) is 10.0 Å². The molecule has 2 heterocycles. The Balaban J connectivity index is 1.75. The molecular weight excluding hydrogens is 450 g/mol. The molecule has 7 nitrogen and oxygen atoms in total. The second-order valence-electron chi connectivity index (χ2n) is 7.84. The first kappa shape index (κ1) is 22.0. The van der Waals surface area contributed by atoms with Gasteiger partial charge in [0.2, 0.25) is 0 Å². The molecule has 32 heavy (non-hydrogen) atoms. The first-order chi connectivity index (χ1) is 15.1. The molecule has 0 radical (unpaired) electrons. The zero-order chi connectivity index (χ0) is 23.2. The molecule has 4 rings (SSSR count). The first-order valence-corrected chi connectivity index (χ1v) is 11.7. The highest BCUT2D eigenvalue weighted by Gasteiger charge is 2.41. The molecule has 0 spiro atoms. The molecule has 0 aliphatic carbocycles. The Kier molecular flexibility index (Phi) is 5.52. The van der Waals surface area contributed by atoms with Crippen LogP contribution in [0.4, 0.5) is 11.4 Å². The fourth-order valence-corrected chi connectivity index (χ4v) is 4.85. The number of benzene rings is 2. The SMILES string of the molecule is Cc1cncc(N2C(=O)c3c(Cl)ccc(NS(=O)(=O)c4ccc(C(C)C)cc4)c3C2=O)c1. The summed E-state index contributed by atoms with van der Waals surface area (Å²) in [6.45, 7) is 5.81. The minimum Gasteiger partial charge on any atom is -0.279 e. The number of anilines is 2. The van der Waals surface area contributed by atoms with Crippen LogP contribution >= 0.6 is 11.6 Å². The number of aryl methyl sites for hydroxylation is 1. The number of hydrogen-bond acceptors (Lipinski definition) is 5. The summed E-state index contributed by atoms with van der Waals surface area (Å²) in [5.74, 6) is -1.05. The normalized spacial score (nSPS) is 13.6. The number of pyridine rings is 1. The maximum Gasteiger partial charge on any atom is 0.268 e. The van der Waals surface area contributed by atoms with Crippen molar-refractivity contribution >= 4 is 44.8 Å². The molecule has 0 saturated heterocycles. The van der Waals surface area contributed by atoms with Gasteiger partial charge in [0.25, 0.3) is 21.8 Å². The van der Waals surface area contributed by atoms with Gasteiger partial charge in [0.15, 0.2) is 0 Å². The standard InChI is InChI=1S/C23H20ClN3O4S/c1-13(2)15-4-6-17(7-5-15)32(30,31)26-19-9-8-18(24)20-21(19)23(29)27(22(20)28)16-10-14(3)11-25-12-16/h4-13,26H,1-3H3. The summed E-state index contributed by atoms with van der Waals surface area (Å²) in [6, 6.07) is 10.9. The summed E-state index contributed by atoms with van der Waals surface area (Å²) in [5, 5.41) is 0.0608. The molecule has 1 N–H and O–H groups in total. The van der Waals surface area contributed by atoms with Gasteiger partial charge in [0, 0.05) is 6.20 Å². The van der Waals surface area contributed by atoms with Gasteiger partial charge in [0.05, 0.1) is 38.6 Å². The van der Waals surface area contributed by atoms with E-state index < -0.39 is 21.8 Å². The Morgan fingerprint density at radius 2 is 1.62 bits per heavy atom. The van der Waals surface area contributed by atoms with Crippen molar-refractivity contribution in [1.82, 2.24) is 4.98 Å². The molecule has 3 aromatic rings. The fraction of sp³-hybridized carbons (Fsp3) is 0.174. The predicted molar refractivity (Wildman–Crippen MR) is 123 cm³/mol. The van der Waals surface area contributed by atoms with Crippen molar-refractivity contribution in [3.8, 4) is 0 Å². The summed E-state index contributed by atoms with van der Waals surface area (Å²) in [6.07, 6.45) is 2.99. The number of aromatic nitrogens is 1. The van der Waals surface area contributed by atoms with Gasteiger partial charge in [-0.1, -0.05) is 37.6 Å². The molecule has 2 amide bonds. The average molecular weight is 470 g/mol. The number of fused-ring (bicyclic) bond motifs is 1. The Labute approximate surface area is 191 Å². The maximum absolute atomic E-state index is 13.2. The molecule has 2 aromatic carbocycles. The number of nitrogens with zero attached hydrogens (tertiary/aromatic N) is 2. The first-order valence-electron chi connectivity index (χ1n) is 9.86. The highest BCUT2D eigenvalue weighted by atomic mass is 35.5. The number of amides is 2. The van der Waals surface area contributed by atoms with E-state index in [2.05, 4.69) is 9.71 Å². The van der Waals surface area contributed by atoms with E-state index in [0.717, 1.165) is 16.0 Å². The van der Waals surface area contributed by atoms with Crippen molar-refractivity contribution in [1.29, 1.82) is 0 Å². The average Bonchev–Trinajstić information content (AvgIpc) is 3.01. The number of carbonyl (C=O) groups is 2. The highest BCUT2D eigenvalue weighted by molar-refractivity contribution is 7.92. The quantitative estimate of drug-likeness (QED) is 0.543. The summed E-state index contributed by atoms with van der Waals surface area (Å²) < 4.78 is 28.4. The number of hydrogen-bond donors (Lipinski definition) is 1. The number of halogens is 1. The Bertz CT molecular complexity index is 1350. The van der Waals surface area contributed by atoms with Gasteiger partial charge >= 0.3 is 0 Å². The van der Waals surface area contributed by atoms with Crippen LogP contribution in [0.15, 0.2) is 59.8 Å². The monoisotopic (exact) mass is 469 g/mol. The Hall–Kier alpha value is -3.23. The van der Waals surface area contributed by atoms with Crippen molar-refractivity contribution in [3.63, 3.8) is 0 Å². The van der Waals surface area contributed by atoms with Crippen molar-refractivity contribution in [2.75, 3.05) is 9.62 Å². The van der Waals surface area contributed by atoms with Crippen LogP contribution < -0.4 is 9.62 Å². The molecule has 1 aromatic heterocycles. The maximum atomic E-state index is 13.2. The molecule has 0 saturated carbocycles. The third-order valence-electron chi connectivity index (χ3n) is 5.21. The summed E-state index contributed by atoms with van der Waals surface area (Å²) in [5.41, 5.74) is 1.89. The second kappa shape index (κ2) is 8.03. The third-order valence-corrected chi connectivity index (χ3v) is 6.90. The second-order valence-corrected chi connectivity index (χ2v) is 9.93. The summed E-state index contributed by atoms with van der Waals surface area (Å²) >= 11 is 6.23. The van der Waals surface area contributed by atoms with Crippen molar-refractivity contribution in [3.05, 3.63) is 82.1 Å². The fourth-order valence-electron chi connectivity index (χ4n) is 3.54. The Morgan fingerprint density at radius 1 is 0.969 bits per heavy atom. The number of carbonyl (C=O) groups excluding carboxylic acids is 2. The summed E-state index contributed by atoms with van der Waals surface area (Å²) in [4.78, 5) is 31.3. The van der Waals surface area contributed by atoms with Crippen LogP contribution in [0, 0.1) is 6.92 Å². The van der Waals surface area contributed by atoms with Gasteiger partial charge in [-0.25, -0.2) is 13.3 Å². The number of nitrogens with one attached hydrogen (secondary N) is 1. The Morgan fingerprint density at radius 3 is 2.25 bits per heavy atom. The smallest absolute Gasteiger partial charge is 0.268 e. The van der Waals surface area contributed by atoms with Crippen LogP contribution in [-0.4, -0.2) is 25.2 Å². The van der Waals surface area contributed by atoms with E-state index in [0.29, 0.717) is 0 Å². The molecule has 164 valence electrons. The lowest BCUT2D eigenvalue weighted by molar-refractivity contribution is 0.0926. The highest BCUT2D eigenvalue weighted by Crippen LogP contribution is 2.37. The van der Waals surface area contributed by atoms with Gasteiger partial charge in [0.1, 0.15) is 0 Å². The van der Waals surface area contributed by atoms with E-state index >= 15 is 0 Å². The molecular formula is C23H20ClN3O4S. The van der Waals surface area contributed by atoms with E-state index in [-0.39, 0.29) is 38.3 Å². The van der Waals surface area contributed by atoms with Crippen LogP contribution in [0.5, 0.6) is 0 Å². The van der Waals surface area contributed by atoms with Crippen LogP contribution in [0.1, 0.15) is 51.6 Å². The summed E-state index contributed by atoms with van der Waals surface area (Å²) in [7, 11) is -4.01. The third kappa shape index (κ3) is 3.76. The molecule has 0 bridgehead atoms. The number of sulfonamides is 1.